The molecule has 2 rings (SSSR count). The van der Waals surface area contributed by atoms with E-state index >= 15 is 0 Å². The average molecular weight is 273 g/mol. The van der Waals surface area contributed by atoms with E-state index in [1.165, 1.54) is 5.56 Å². The molecular weight excluding hydrogens is 258 g/mol. The summed E-state index contributed by atoms with van der Waals surface area (Å²) in [5.74, 6) is 0. The fourth-order valence-corrected chi connectivity index (χ4v) is 2.03. The summed E-state index contributed by atoms with van der Waals surface area (Å²) in [6, 6.07) is 21.8. The van der Waals surface area contributed by atoms with Crippen LogP contribution in [0, 0.1) is 22.7 Å². The predicted octanol–water partition coefficient (Wildman–Crippen LogP) is 3.75. The van der Waals surface area contributed by atoms with E-state index < -0.39 is 0 Å². The maximum Gasteiger partial charge on any atom is 0.130 e. The van der Waals surface area contributed by atoms with Gasteiger partial charge in [0.05, 0.1) is 0 Å². The zero-order valence-corrected chi connectivity index (χ0v) is 11.8. The molecule has 0 aliphatic carbocycles. The minimum atomic E-state index is 0.111. The predicted molar refractivity (Wildman–Crippen MR) is 84.2 cm³/mol. The Morgan fingerprint density at radius 2 is 1.62 bits per heavy atom. The van der Waals surface area contributed by atoms with E-state index in [9.17, 15) is 0 Å². The monoisotopic (exact) mass is 273 g/mol. The molecule has 2 aromatic carbocycles. The molecule has 0 N–H and O–H groups in total. The molecule has 2 aromatic rings. The minimum absolute atomic E-state index is 0.111. The fraction of sp³-hybridized carbons (Fsp3) is 0.111. The molecule has 102 valence electrons. The molecule has 0 fully saturated rings. The highest BCUT2D eigenvalue weighted by atomic mass is 15.1. The standard InChI is InChI=1S/C18H15N3/c1-21(14-16-5-3-2-4-6-16)18-9-7-15(8-10-18)11-17(12-19)13-20/h2-11H,14H2,1H3. The van der Waals surface area contributed by atoms with Gasteiger partial charge in [0, 0.05) is 19.3 Å². The van der Waals surface area contributed by atoms with Gasteiger partial charge in [-0.15, -0.1) is 0 Å². The van der Waals surface area contributed by atoms with E-state index in [0.717, 1.165) is 17.8 Å². The van der Waals surface area contributed by atoms with E-state index in [1.807, 2.05) is 61.7 Å². The van der Waals surface area contributed by atoms with Crippen molar-refractivity contribution in [2.24, 2.45) is 0 Å². The molecular formula is C18H15N3. The van der Waals surface area contributed by atoms with Crippen LogP contribution in [-0.4, -0.2) is 7.05 Å². The number of hydrogen-bond donors (Lipinski definition) is 0. The molecule has 0 aromatic heterocycles. The highest BCUT2D eigenvalue weighted by Crippen LogP contribution is 2.17. The number of allylic oxidation sites excluding steroid dienone is 1. The van der Waals surface area contributed by atoms with Gasteiger partial charge in [-0.3, -0.25) is 0 Å². The molecule has 21 heavy (non-hydrogen) atoms. The Hall–Kier alpha value is -3.04. The van der Waals surface area contributed by atoms with Crippen LogP contribution >= 0.6 is 0 Å². The Labute approximate surface area is 125 Å². The molecule has 0 saturated heterocycles. The van der Waals surface area contributed by atoms with Crippen molar-refractivity contribution in [3.63, 3.8) is 0 Å². The smallest absolute Gasteiger partial charge is 0.130 e. The van der Waals surface area contributed by atoms with Crippen molar-refractivity contribution >= 4 is 11.8 Å². The Kier molecular flexibility index (Phi) is 4.75. The molecule has 0 aliphatic heterocycles. The Bertz CT molecular complexity index is 685. The number of nitrogens with zero attached hydrogens (tertiary/aromatic N) is 3. The maximum absolute atomic E-state index is 8.75. The molecule has 0 radical (unpaired) electrons. The van der Waals surface area contributed by atoms with E-state index in [2.05, 4.69) is 17.0 Å². The molecule has 3 heteroatoms. The van der Waals surface area contributed by atoms with Gasteiger partial charge in [0.2, 0.25) is 0 Å². The molecule has 0 amide bonds. The molecule has 0 aliphatic rings. The Balaban J connectivity index is 2.11. The molecule has 0 saturated carbocycles. The summed E-state index contributed by atoms with van der Waals surface area (Å²) < 4.78 is 0. The molecule has 0 atom stereocenters. The largest absolute Gasteiger partial charge is 0.370 e. The van der Waals surface area contributed by atoms with Gasteiger partial charge in [-0.25, -0.2) is 0 Å². The topological polar surface area (TPSA) is 50.8 Å². The molecule has 0 spiro atoms. The van der Waals surface area contributed by atoms with Crippen LogP contribution < -0.4 is 4.90 Å². The zero-order valence-electron chi connectivity index (χ0n) is 11.8. The number of nitriles is 2. The van der Waals surface area contributed by atoms with Gasteiger partial charge in [-0.2, -0.15) is 10.5 Å². The van der Waals surface area contributed by atoms with Gasteiger partial charge in [0.25, 0.3) is 0 Å². The summed E-state index contributed by atoms with van der Waals surface area (Å²) in [6.45, 7) is 0.831. The summed E-state index contributed by atoms with van der Waals surface area (Å²) in [5.41, 5.74) is 3.30. The third-order valence-electron chi connectivity index (χ3n) is 3.15. The first-order valence-corrected chi connectivity index (χ1v) is 6.60. The lowest BCUT2D eigenvalue weighted by Crippen LogP contribution is -2.16. The number of benzene rings is 2. The third kappa shape index (κ3) is 3.96. The van der Waals surface area contributed by atoms with Gasteiger partial charge in [-0.05, 0) is 29.3 Å². The molecule has 0 unspecified atom stereocenters. The Morgan fingerprint density at radius 3 is 2.19 bits per heavy atom. The molecule has 0 heterocycles. The van der Waals surface area contributed by atoms with Crippen LogP contribution in [0.2, 0.25) is 0 Å². The van der Waals surface area contributed by atoms with Crippen molar-refractivity contribution in [1.82, 2.24) is 0 Å². The van der Waals surface area contributed by atoms with Crippen molar-refractivity contribution in [1.29, 1.82) is 10.5 Å². The van der Waals surface area contributed by atoms with Gasteiger partial charge in [0.1, 0.15) is 17.7 Å². The lowest BCUT2D eigenvalue weighted by molar-refractivity contribution is 0.923. The van der Waals surface area contributed by atoms with Crippen LogP contribution in [0.4, 0.5) is 5.69 Å². The summed E-state index contributed by atoms with van der Waals surface area (Å²) >= 11 is 0. The quantitative estimate of drug-likeness (QED) is 0.797. The van der Waals surface area contributed by atoms with Crippen LogP contribution in [0.5, 0.6) is 0 Å². The number of rotatable bonds is 4. The first-order valence-electron chi connectivity index (χ1n) is 6.60. The SMILES string of the molecule is CN(Cc1ccccc1)c1ccc(C=C(C#N)C#N)cc1. The maximum atomic E-state index is 8.75. The first-order chi connectivity index (χ1) is 10.2. The van der Waals surface area contributed by atoms with Crippen LogP contribution in [0.25, 0.3) is 6.08 Å². The molecule has 3 nitrogen and oxygen atoms in total. The van der Waals surface area contributed by atoms with E-state index in [4.69, 9.17) is 10.5 Å². The third-order valence-corrected chi connectivity index (χ3v) is 3.15. The van der Waals surface area contributed by atoms with Gasteiger partial charge in [0.15, 0.2) is 0 Å². The van der Waals surface area contributed by atoms with Crippen molar-refractivity contribution in [2.45, 2.75) is 6.54 Å². The highest BCUT2D eigenvalue weighted by molar-refractivity contribution is 5.63. The lowest BCUT2D eigenvalue weighted by atomic mass is 10.1. The van der Waals surface area contributed by atoms with Crippen molar-refractivity contribution in [2.75, 3.05) is 11.9 Å². The second-order valence-electron chi connectivity index (χ2n) is 4.71. The molecule has 0 bridgehead atoms. The van der Waals surface area contributed by atoms with E-state index in [-0.39, 0.29) is 5.57 Å². The fourth-order valence-electron chi connectivity index (χ4n) is 2.03. The van der Waals surface area contributed by atoms with Gasteiger partial charge >= 0.3 is 0 Å². The van der Waals surface area contributed by atoms with Crippen LogP contribution in [0.15, 0.2) is 60.2 Å². The van der Waals surface area contributed by atoms with Crippen LogP contribution in [-0.2, 0) is 6.54 Å². The lowest BCUT2D eigenvalue weighted by Gasteiger charge is -2.19. The summed E-state index contributed by atoms with van der Waals surface area (Å²) in [5, 5.41) is 17.5. The van der Waals surface area contributed by atoms with Crippen molar-refractivity contribution in [3.8, 4) is 12.1 Å². The normalized spacial score (nSPS) is 9.29. The number of anilines is 1. The average Bonchev–Trinajstić information content (AvgIpc) is 2.54. The second kappa shape index (κ2) is 6.93. The van der Waals surface area contributed by atoms with Gasteiger partial charge < -0.3 is 4.90 Å². The summed E-state index contributed by atoms with van der Waals surface area (Å²) in [7, 11) is 2.04. The van der Waals surface area contributed by atoms with Crippen LogP contribution in [0.3, 0.4) is 0 Å². The van der Waals surface area contributed by atoms with E-state index in [1.54, 1.807) is 6.08 Å². The van der Waals surface area contributed by atoms with Crippen molar-refractivity contribution in [3.05, 3.63) is 71.3 Å². The zero-order chi connectivity index (χ0) is 15.1. The minimum Gasteiger partial charge on any atom is -0.370 e. The summed E-state index contributed by atoms with van der Waals surface area (Å²) in [6.07, 6.45) is 1.58. The number of hydrogen-bond acceptors (Lipinski definition) is 3. The van der Waals surface area contributed by atoms with Crippen LogP contribution in [0.1, 0.15) is 11.1 Å². The second-order valence-corrected chi connectivity index (χ2v) is 4.71. The Morgan fingerprint density at radius 1 is 1.00 bits per heavy atom. The first kappa shape index (κ1) is 14.4. The van der Waals surface area contributed by atoms with E-state index in [0.29, 0.717) is 0 Å². The summed E-state index contributed by atoms with van der Waals surface area (Å²) in [4.78, 5) is 2.15. The highest BCUT2D eigenvalue weighted by Gasteiger charge is 2.02. The van der Waals surface area contributed by atoms with Gasteiger partial charge in [-0.1, -0.05) is 42.5 Å². The van der Waals surface area contributed by atoms with Crippen molar-refractivity contribution < 1.29 is 0 Å².